The fourth-order valence-corrected chi connectivity index (χ4v) is 4.09. The van der Waals surface area contributed by atoms with Gasteiger partial charge in [0.2, 0.25) is 9.84 Å². The van der Waals surface area contributed by atoms with E-state index in [1.165, 1.54) is 0 Å². The van der Waals surface area contributed by atoms with E-state index in [1.54, 1.807) is 54.6 Å². The first-order valence-corrected chi connectivity index (χ1v) is 9.99. The third kappa shape index (κ3) is 3.57. The fraction of sp³-hybridized carbons (Fsp3) is 0.222. The Morgan fingerprint density at radius 2 is 1.68 bits per heavy atom. The number of aromatic nitrogens is 3. The van der Waals surface area contributed by atoms with Gasteiger partial charge < -0.3 is 4.57 Å². The van der Waals surface area contributed by atoms with E-state index < -0.39 is 9.84 Å². The molecular weight excluding hydrogens is 354 g/mol. The van der Waals surface area contributed by atoms with Crippen LogP contribution in [-0.2, 0) is 16.4 Å². The Balaban J connectivity index is 1.95. The smallest absolute Gasteiger partial charge is 0.206 e. The van der Waals surface area contributed by atoms with Crippen LogP contribution in [0.25, 0.3) is 11.4 Å². The maximum absolute atomic E-state index is 12.7. The Morgan fingerprint density at radius 1 is 1.04 bits per heavy atom. The topological polar surface area (TPSA) is 67.8 Å². The second kappa shape index (κ2) is 7.33. The minimum absolute atomic E-state index is 0.261. The van der Waals surface area contributed by atoms with Gasteiger partial charge in [0, 0.05) is 12.1 Å². The summed E-state index contributed by atoms with van der Waals surface area (Å²) in [6, 6.07) is 15.2. The molecule has 3 aromatic rings. The number of benzene rings is 2. The summed E-state index contributed by atoms with van der Waals surface area (Å²) < 4.78 is 27.8. The normalized spacial score (nSPS) is 11.6. The van der Waals surface area contributed by atoms with E-state index >= 15 is 0 Å². The zero-order chi connectivity index (χ0) is 17.9. The standard InChI is InChI=1S/C18H19N3O2S2/c1-2-3-13-21-17(19-20-18(21)24)14-9-11-16(12-10-14)25(22,23)15-7-5-4-6-8-15/h4-12H,2-3,13H2,1H3,(H,20,24). The van der Waals surface area contributed by atoms with Gasteiger partial charge in [0.15, 0.2) is 10.6 Å². The van der Waals surface area contributed by atoms with Gasteiger partial charge in [-0.15, -0.1) is 0 Å². The molecule has 3 rings (SSSR count). The Bertz CT molecular complexity index is 1000. The largest absolute Gasteiger partial charge is 0.300 e. The number of aromatic amines is 1. The van der Waals surface area contributed by atoms with Crippen LogP contribution < -0.4 is 0 Å². The van der Waals surface area contributed by atoms with E-state index in [4.69, 9.17) is 12.2 Å². The summed E-state index contributed by atoms with van der Waals surface area (Å²) in [5.74, 6) is 0.724. The van der Waals surface area contributed by atoms with Crippen molar-refractivity contribution in [1.29, 1.82) is 0 Å². The number of sulfone groups is 1. The highest BCUT2D eigenvalue weighted by atomic mass is 32.2. The monoisotopic (exact) mass is 373 g/mol. The molecule has 1 N–H and O–H groups in total. The van der Waals surface area contributed by atoms with Crippen LogP contribution in [-0.4, -0.2) is 23.2 Å². The van der Waals surface area contributed by atoms with Gasteiger partial charge in [-0.1, -0.05) is 31.5 Å². The van der Waals surface area contributed by atoms with Gasteiger partial charge in [0.25, 0.3) is 0 Å². The number of hydrogen-bond donors (Lipinski definition) is 1. The van der Waals surface area contributed by atoms with E-state index in [-0.39, 0.29) is 9.79 Å². The minimum Gasteiger partial charge on any atom is -0.300 e. The Kier molecular flexibility index (Phi) is 5.15. The first-order valence-electron chi connectivity index (χ1n) is 8.10. The van der Waals surface area contributed by atoms with Crippen LogP contribution in [0.5, 0.6) is 0 Å². The number of unbranched alkanes of at least 4 members (excludes halogenated alkanes) is 1. The van der Waals surface area contributed by atoms with Gasteiger partial charge in [-0.05, 0) is 55.0 Å². The zero-order valence-electron chi connectivity index (χ0n) is 13.8. The van der Waals surface area contributed by atoms with Gasteiger partial charge in [0.1, 0.15) is 0 Å². The molecular formula is C18H19N3O2S2. The van der Waals surface area contributed by atoms with Crippen molar-refractivity contribution < 1.29 is 8.42 Å². The number of hydrogen-bond acceptors (Lipinski definition) is 4. The molecule has 0 radical (unpaired) electrons. The van der Waals surface area contributed by atoms with Crippen molar-refractivity contribution in [1.82, 2.24) is 14.8 Å². The van der Waals surface area contributed by atoms with Crippen molar-refractivity contribution >= 4 is 22.1 Å². The molecule has 1 aromatic heterocycles. The lowest BCUT2D eigenvalue weighted by Gasteiger charge is -2.08. The highest BCUT2D eigenvalue weighted by molar-refractivity contribution is 7.91. The third-order valence-corrected chi connectivity index (χ3v) is 6.07. The third-order valence-electron chi connectivity index (χ3n) is 3.97. The first-order chi connectivity index (χ1) is 12.0. The fourth-order valence-electron chi connectivity index (χ4n) is 2.58. The predicted molar refractivity (Wildman–Crippen MR) is 99.6 cm³/mol. The molecule has 0 aliphatic heterocycles. The van der Waals surface area contributed by atoms with E-state index in [9.17, 15) is 8.42 Å². The molecule has 0 atom stereocenters. The van der Waals surface area contributed by atoms with E-state index in [1.807, 2.05) is 4.57 Å². The highest BCUT2D eigenvalue weighted by Gasteiger charge is 2.17. The Morgan fingerprint density at radius 3 is 2.32 bits per heavy atom. The Labute approximate surface area is 152 Å². The quantitative estimate of drug-likeness (QED) is 0.656. The van der Waals surface area contributed by atoms with E-state index in [0.717, 1.165) is 30.8 Å². The molecule has 0 aliphatic carbocycles. The van der Waals surface area contributed by atoms with Crippen LogP contribution in [0.4, 0.5) is 0 Å². The average Bonchev–Trinajstić information content (AvgIpc) is 3.01. The lowest BCUT2D eigenvalue weighted by Crippen LogP contribution is -2.03. The lowest BCUT2D eigenvalue weighted by molar-refractivity contribution is 0.596. The summed E-state index contributed by atoms with van der Waals surface area (Å²) in [5.41, 5.74) is 0.829. The summed E-state index contributed by atoms with van der Waals surface area (Å²) in [4.78, 5) is 0.546. The first kappa shape index (κ1) is 17.6. The molecule has 0 amide bonds. The maximum atomic E-state index is 12.7. The van der Waals surface area contributed by atoms with Crippen molar-refractivity contribution in [2.24, 2.45) is 0 Å². The summed E-state index contributed by atoms with van der Waals surface area (Å²) in [6.07, 6.45) is 2.06. The number of nitrogens with zero attached hydrogens (tertiary/aromatic N) is 2. The minimum atomic E-state index is -3.51. The van der Waals surface area contributed by atoms with Gasteiger partial charge in [-0.2, -0.15) is 5.10 Å². The summed E-state index contributed by atoms with van der Waals surface area (Å²) in [7, 11) is -3.51. The maximum Gasteiger partial charge on any atom is 0.206 e. The zero-order valence-corrected chi connectivity index (χ0v) is 15.5. The van der Waals surface area contributed by atoms with Crippen molar-refractivity contribution in [3.8, 4) is 11.4 Å². The van der Waals surface area contributed by atoms with Crippen LogP contribution in [0.2, 0.25) is 0 Å². The van der Waals surface area contributed by atoms with Gasteiger partial charge >= 0.3 is 0 Å². The SMILES string of the molecule is CCCCn1c(-c2ccc(S(=O)(=O)c3ccccc3)cc2)n[nH]c1=S. The van der Waals surface area contributed by atoms with E-state index in [2.05, 4.69) is 17.1 Å². The van der Waals surface area contributed by atoms with Crippen LogP contribution in [0.3, 0.4) is 0 Å². The molecule has 0 fully saturated rings. The summed E-state index contributed by atoms with van der Waals surface area (Å²) >= 11 is 5.28. The van der Waals surface area contributed by atoms with Crippen molar-refractivity contribution in [3.63, 3.8) is 0 Å². The van der Waals surface area contributed by atoms with Crippen molar-refractivity contribution in [2.75, 3.05) is 0 Å². The lowest BCUT2D eigenvalue weighted by atomic mass is 10.2. The molecule has 0 spiro atoms. The molecule has 0 saturated heterocycles. The number of rotatable bonds is 6. The summed E-state index contributed by atoms with van der Waals surface area (Å²) in [5, 5.41) is 7.10. The Hall–Kier alpha value is -2.25. The molecule has 2 aromatic carbocycles. The van der Waals surface area contributed by atoms with Crippen LogP contribution >= 0.6 is 12.2 Å². The number of H-pyrrole nitrogens is 1. The molecule has 5 nitrogen and oxygen atoms in total. The molecule has 1 heterocycles. The predicted octanol–water partition coefficient (Wildman–Crippen LogP) is 4.24. The number of nitrogens with one attached hydrogen (secondary N) is 1. The van der Waals surface area contributed by atoms with Gasteiger partial charge in [0.05, 0.1) is 9.79 Å². The second-order valence-corrected chi connectivity index (χ2v) is 8.03. The highest BCUT2D eigenvalue weighted by Crippen LogP contribution is 2.24. The van der Waals surface area contributed by atoms with Crippen LogP contribution in [0.15, 0.2) is 64.4 Å². The average molecular weight is 374 g/mol. The van der Waals surface area contributed by atoms with Crippen LogP contribution in [0, 0.1) is 4.77 Å². The van der Waals surface area contributed by atoms with Gasteiger partial charge in [-0.3, -0.25) is 5.10 Å². The van der Waals surface area contributed by atoms with Crippen LogP contribution in [0.1, 0.15) is 19.8 Å². The molecule has 0 bridgehead atoms. The molecule has 25 heavy (non-hydrogen) atoms. The second-order valence-electron chi connectivity index (χ2n) is 5.70. The molecule has 0 aliphatic rings. The van der Waals surface area contributed by atoms with Crippen molar-refractivity contribution in [3.05, 3.63) is 59.4 Å². The molecule has 0 saturated carbocycles. The van der Waals surface area contributed by atoms with Gasteiger partial charge in [-0.25, -0.2) is 8.42 Å². The summed E-state index contributed by atoms with van der Waals surface area (Å²) in [6.45, 7) is 2.90. The van der Waals surface area contributed by atoms with Crippen molar-refractivity contribution in [2.45, 2.75) is 36.1 Å². The van der Waals surface area contributed by atoms with E-state index in [0.29, 0.717) is 4.77 Å². The molecule has 130 valence electrons. The molecule has 0 unspecified atom stereocenters. The molecule has 7 heteroatoms.